The van der Waals surface area contributed by atoms with E-state index in [1.807, 2.05) is 6.07 Å². The van der Waals surface area contributed by atoms with Gasteiger partial charge in [-0.15, -0.1) is 0 Å². The molecule has 2 aromatic carbocycles. The molecular weight excluding hydrogens is 463 g/mol. The van der Waals surface area contributed by atoms with Crippen molar-refractivity contribution in [3.05, 3.63) is 58.5 Å². The van der Waals surface area contributed by atoms with Gasteiger partial charge in [0.1, 0.15) is 11.9 Å². The summed E-state index contributed by atoms with van der Waals surface area (Å²) in [5.41, 5.74) is 2.17. The quantitative estimate of drug-likeness (QED) is 0.486. The maximum atomic E-state index is 14.2. The van der Waals surface area contributed by atoms with Crippen LogP contribution in [0.5, 0.6) is 11.5 Å². The number of hydrogen-bond donors (Lipinski definition) is 2. The zero-order valence-corrected chi connectivity index (χ0v) is 19.7. The molecule has 180 valence electrons. The van der Waals surface area contributed by atoms with E-state index in [1.54, 1.807) is 29.7 Å². The fourth-order valence-corrected chi connectivity index (χ4v) is 5.02. The number of halogens is 2. The second-order valence-corrected chi connectivity index (χ2v) is 8.70. The van der Waals surface area contributed by atoms with E-state index in [0.29, 0.717) is 48.1 Å². The number of hydrogen-bond acceptors (Lipinski definition) is 4. The van der Waals surface area contributed by atoms with Gasteiger partial charge in [-0.2, -0.15) is 0 Å². The van der Waals surface area contributed by atoms with E-state index in [1.165, 1.54) is 19.2 Å². The number of nitrogens with one attached hydrogen (secondary N) is 1. The number of para-hydroxylation sites is 2. The fourth-order valence-electron chi connectivity index (χ4n) is 4.72. The van der Waals surface area contributed by atoms with Crippen LogP contribution in [0.2, 0.25) is 5.02 Å². The first kappa shape index (κ1) is 23.9. The van der Waals surface area contributed by atoms with Crippen LogP contribution in [0.3, 0.4) is 0 Å². The van der Waals surface area contributed by atoms with Crippen LogP contribution in [0.25, 0.3) is 10.9 Å². The van der Waals surface area contributed by atoms with Crippen molar-refractivity contribution in [1.82, 2.24) is 9.88 Å². The van der Waals surface area contributed by atoms with Gasteiger partial charge >= 0.3 is 5.97 Å². The number of aliphatic carboxylic acids is 1. The maximum absolute atomic E-state index is 14.2. The van der Waals surface area contributed by atoms with Gasteiger partial charge in [-0.25, -0.2) is 9.18 Å². The third-order valence-electron chi connectivity index (χ3n) is 6.19. The third kappa shape index (κ3) is 4.55. The Hall–Kier alpha value is -3.26. The van der Waals surface area contributed by atoms with Crippen LogP contribution < -0.4 is 14.8 Å². The number of nitrogens with zero attached hydrogens (tertiary/aromatic N) is 1. The molecule has 7 nitrogen and oxygen atoms in total. The zero-order valence-electron chi connectivity index (χ0n) is 18.9. The largest absolute Gasteiger partial charge is 0.493 e. The Balaban J connectivity index is 1.57. The summed E-state index contributed by atoms with van der Waals surface area (Å²) in [6.45, 7) is 1.62. The Morgan fingerprint density at radius 2 is 2.03 bits per heavy atom. The molecule has 0 bridgehead atoms. The van der Waals surface area contributed by atoms with E-state index in [0.717, 1.165) is 11.3 Å². The number of methoxy groups -OCH3 is 1. The molecule has 1 aliphatic carbocycles. The number of fused-ring (bicyclic) bond motifs is 3. The normalized spacial score (nSPS) is 16.1. The molecule has 1 amide bonds. The Bertz CT molecular complexity index is 1240. The predicted molar refractivity (Wildman–Crippen MR) is 126 cm³/mol. The van der Waals surface area contributed by atoms with Crippen molar-refractivity contribution < 1.29 is 28.6 Å². The van der Waals surface area contributed by atoms with Crippen LogP contribution >= 0.6 is 11.6 Å². The summed E-state index contributed by atoms with van der Waals surface area (Å²) in [5, 5.41) is 13.5. The third-order valence-corrected chi connectivity index (χ3v) is 6.48. The Morgan fingerprint density at radius 3 is 2.71 bits per heavy atom. The van der Waals surface area contributed by atoms with Crippen molar-refractivity contribution in [2.45, 2.75) is 44.7 Å². The molecule has 0 fully saturated rings. The highest BCUT2D eigenvalue weighted by molar-refractivity contribution is 6.35. The second-order valence-electron chi connectivity index (χ2n) is 8.29. The number of carbonyl (C=O) groups is 2. The van der Waals surface area contributed by atoms with Crippen LogP contribution in [0.4, 0.5) is 4.39 Å². The van der Waals surface area contributed by atoms with Gasteiger partial charge in [-0.3, -0.25) is 4.79 Å². The number of benzene rings is 2. The monoisotopic (exact) mass is 488 g/mol. The molecule has 3 aromatic rings. The first-order valence-electron chi connectivity index (χ1n) is 11.1. The average Bonchev–Trinajstić information content (AvgIpc) is 3.12. The van der Waals surface area contributed by atoms with Gasteiger partial charge in [0.05, 0.1) is 17.6 Å². The van der Waals surface area contributed by atoms with E-state index in [2.05, 4.69) is 5.32 Å². The van der Waals surface area contributed by atoms with E-state index < -0.39 is 17.8 Å². The average molecular weight is 489 g/mol. The van der Waals surface area contributed by atoms with Crippen LogP contribution in [0.15, 0.2) is 36.4 Å². The fraction of sp³-hybridized carbons (Fsp3) is 0.360. The van der Waals surface area contributed by atoms with E-state index in [4.69, 9.17) is 21.1 Å². The lowest BCUT2D eigenvalue weighted by Gasteiger charge is -2.26. The molecule has 9 heteroatoms. The van der Waals surface area contributed by atoms with Gasteiger partial charge in [0, 0.05) is 17.1 Å². The van der Waals surface area contributed by atoms with Crippen molar-refractivity contribution in [3.8, 4) is 11.5 Å². The van der Waals surface area contributed by atoms with Crippen LogP contribution in [0.1, 0.15) is 37.1 Å². The molecule has 0 saturated carbocycles. The minimum atomic E-state index is -0.966. The minimum absolute atomic E-state index is 0.176. The Kier molecular flexibility index (Phi) is 6.97. The number of carboxylic acids is 1. The first-order chi connectivity index (χ1) is 16.3. The summed E-state index contributed by atoms with van der Waals surface area (Å²) in [6.07, 6.45) is 1.94. The molecule has 2 N–H and O–H groups in total. The number of carboxylic acid groups (broad SMARTS) is 1. The first-order valence-corrected chi connectivity index (χ1v) is 11.5. The van der Waals surface area contributed by atoms with Gasteiger partial charge in [-0.1, -0.05) is 30.7 Å². The highest BCUT2D eigenvalue weighted by Gasteiger charge is 2.32. The summed E-state index contributed by atoms with van der Waals surface area (Å²) in [5.74, 6) is -0.736. The number of rotatable bonds is 8. The standard InChI is InChI=1S/C25H26ClFN2O5/c1-3-19(25(31)32)29-20-9-8-15(12-16(20)17-10-14(27)11-18(26)24(17)29)28-23(30)13-34-22-7-5-4-6-21(22)33-2/h4-7,10-11,15,19H,3,8-9,12-13H2,1-2H3,(H,28,30)(H,31,32)/t15-,19?/m0/s1. The molecule has 2 atom stereocenters. The minimum Gasteiger partial charge on any atom is -0.493 e. The zero-order chi connectivity index (χ0) is 24.4. The van der Waals surface area contributed by atoms with E-state index in [9.17, 15) is 19.1 Å². The van der Waals surface area contributed by atoms with Crippen molar-refractivity contribution >= 4 is 34.4 Å². The Labute approximate surface area is 201 Å². The van der Waals surface area contributed by atoms with Crippen LogP contribution in [0, 0.1) is 5.82 Å². The topological polar surface area (TPSA) is 89.8 Å². The van der Waals surface area contributed by atoms with Crippen molar-refractivity contribution in [3.63, 3.8) is 0 Å². The van der Waals surface area contributed by atoms with Gasteiger partial charge in [-0.05, 0) is 55.5 Å². The second kappa shape index (κ2) is 9.93. The molecule has 0 radical (unpaired) electrons. The number of carbonyl (C=O) groups excluding carboxylic acids is 1. The molecule has 1 unspecified atom stereocenters. The highest BCUT2D eigenvalue weighted by atomic mass is 35.5. The van der Waals surface area contributed by atoms with Gasteiger partial charge in [0.25, 0.3) is 5.91 Å². The molecule has 34 heavy (non-hydrogen) atoms. The summed E-state index contributed by atoms with van der Waals surface area (Å²) in [6, 6.07) is 8.65. The lowest BCUT2D eigenvalue weighted by Crippen LogP contribution is -2.41. The highest BCUT2D eigenvalue weighted by Crippen LogP contribution is 2.39. The molecule has 0 aliphatic heterocycles. The summed E-state index contributed by atoms with van der Waals surface area (Å²) in [4.78, 5) is 24.5. The van der Waals surface area contributed by atoms with Crippen molar-refractivity contribution in [2.75, 3.05) is 13.7 Å². The molecule has 1 aliphatic rings. The van der Waals surface area contributed by atoms with Gasteiger partial charge < -0.3 is 24.5 Å². The SMILES string of the molecule is CCC(C(=O)O)n1c2c(c3cc(F)cc(Cl)c31)C[C@@H](NC(=O)COc1ccccc1OC)CC2. The van der Waals surface area contributed by atoms with Gasteiger partial charge in [0.15, 0.2) is 18.1 Å². The predicted octanol–water partition coefficient (Wildman–Crippen LogP) is 4.53. The molecule has 1 aromatic heterocycles. The van der Waals surface area contributed by atoms with Crippen LogP contribution in [-0.2, 0) is 22.4 Å². The number of aromatic nitrogens is 1. The molecule has 0 spiro atoms. The maximum Gasteiger partial charge on any atom is 0.326 e. The summed E-state index contributed by atoms with van der Waals surface area (Å²) < 4.78 is 26.8. The van der Waals surface area contributed by atoms with Crippen molar-refractivity contribution in [1.29, 1.82) is 0 Å². The number of ether oxygens (including phenoxy) is 2. The lowest BCUT2D eigenvalue weighted by molar-refractivity contribution is -0.141. The molecular formula is C25H26ClFN2O5. The van der Waals surface area contributed by atoms with Crippen LogP contribution in [-0.4, -0.2) is 41.3 Å². The summed E-state index contributed by atoms with van der Waals surface area (Å²) in [7, 11) is 1.53. The van der Waals surface area contributed by atoms with E-state index in [-0.39, 0.29) is 23.6 Å². The lowest BCUT2D eigenvalue weighted by atomic mass is 9.91. The Morgan fingerprint density at radius 1 is 1.29 bits per heavy atom. The van der Waals surface area contributed by atoms with E-state index >= 15 is 0 Å². The molecule has 1 heterocycles. The van der Waals surface area contributed by atoms with Crippen molar-refractivity contribution in [2.24, 2.45) is 0 Å². The summed E-state index contributed by atoms with van der Waals surface area (Å²) >= 11 is 6.39. The van der Waals surface area contributed by atoms with Gasteiger partial charge in [0.2, 0.25) is 0 Å². The smallest absolute Gasteiger partial charge is 0.326 e. The number of amides is 1. The molecule has 4 rings (SSSR count). The molecule has 0 saturated heterocycles.